The van der Waals surface area contributed by atoms with Gasteiger partial charge in [0.05, 0.1) is 52.9 Å². The molecule has 0 radical (unpaired) electrons. The first-order valence-electron chi connectivity index (χ1n) is 10.5. The quantitative estimate of drug-likeness (QED) is 0.308. The van der Waals surface area contributed by atoms with Crippen molar-refractivity contribution in [3.8, 4) is 5.75 Å². The molecule has 0 saturated carbocycles. The Balaban J connectivity index is 1.81. The topological polar surface area (TPSA) is 102 Å². The first-order valence-corrected chi connectivity index (χ1v) is 10.5. The standard InChI is InChI=1S/C22H38N2O7/c1-22(2,3)31-21(25)24(4)9-10-26-11-12-27-13-14-28-15-16-29-17-18-30-20-7-5-19(23)6-8-20/h5-8H,9-18,23H2,1-4H3. The lowest BCUT2D eigenvalue weighted by Crippen LogP contribution is -2.36. The number of nitrogens with zero attached hydrogens (tertiary/aromatic N) is 1. The van der Waals surface area contributed by atoms with E-state index < -0.39 is 5.60 Å². The molecule has 0 aliphatic heterocycles. The first kappa shape index (κ1) is 27.0. The Labute approximate surface area is 185 Å². The summed E-state index contributed by atoms with van der Waals surface area (Å²) in [7, 11) is 1.68. The molecule has 9 heteroatoms. The molecule has 0 saturated heterocycles. The lowest BCUT2D eigenvalue weighted by molar-refractivity contribution is -0.00780. The zero-order valence-electron chi connectivity index (χ0n) is 19.3. The van der Waals surface area contributed by atoms with Gasteiger partial charge in [-0.2, -0.15) is 0 Å². The molecule has 0 fully saturated rings. The van der Waals surface area contributed by atoms with Crippen LogP contribution in [0.1, 0.15) is 20.8 Å². The largest absolute Gasteiger partial charge is 0.491 e. The molecule has 0 bridgehead atoms. The number of hydrogen-bond donors (Lipinski definition) is 1. The number of anilines is 1. The van der Waals surface area contributed by atoms with Crippen molar-refractivity contribution in [3.05, 3.63) is 24.3 Å². The van der Waals surface area contributed by atoms with Gasteiger partial charge in [0.25, 0.3) is 0 Å². The average Bonchev–Trinajstić information content (AvgIpc) is 2.70. The van der Waals surface area contributed by atoms with Gasteiger partial charge in [-0.25, -0.2) is 4.79 Å². The third kappa shape index (κ3) is 15.4. The van der Waals surface area contributed by atoms with Crippen LogP contribution in [0, 0.1) is 0 Å². The molecule has 178 valence electrons. The van der Waals surface area contributed by atoms with E-state index in [4.69, 9.17) is 34.2 Å². The molecule has 0 atom stereocenters. The van der Waals surface area contributed by atoms with Crippen molar-refractivity contribution in [2.45, 2.75) is 26.4 Å². The van der Waals surface area contributed by atoms with Crippen molar-refractivity contribution in [1.29, 1.82) is 0 Å². The summed E-state index contributed by atoms with van der Waals surface area (Å²) in [4.78, 5) is 13.3. The Morgan fingerprint density at radius 3 is 1.74 bits per heavy atom. The van der Waals surface area contributed by atoms with E-state index in [1.165, 1.54) is 4.90 Å². The summed E-state index contributed by atoms with van der Waals surface area (Å²) in [5, 5.41) is 0. The SMILES string of the molecule is CN(CCOCCOCCOCCOCCOc1ccc(N)cc1)C(=O)OC(C)(C)C. The third-order valence-electron chi connectivity index (χ3n) is 3.77. The molecule has 0 spiro atoms. The fraction of sp³-hybridized carbons (Fsp3) is 0.682. The van der Waals surface area contributed by atoms with E-state index in [1.807, 2.05) is 32.9 Å². The van der Waals surface area contributed by atoms with E-state index in [1.54, 1.807) is 19.2 Å². The third-order valence-corrected chi connectivity index (χ3v) is 3.77. The fourth-order valence-corrected chi connectivity index (χ4v) is 2.18. The van der Waals surface area contributed by atoms with Gasteiger partial charge in [-0.05, 0) is 45.0 Å². The number of ether oxygens (including phenoxy) is 6. The lowest BCUT2D eigenvalue weighted by Gasteiger charge is -2.24. The van der Waals surface area contributed by atoms with Gasteiger partial charge in [-0.3, -0.25) is 0 Å². The molecule has 0 unspecified atom stereocenters. The predicted octanol–water partition coefficient (Wildman–Crippen LogP) is 2.58. The molecule has 1 aromatic rings. The zero-order chi connectivity index (χ0) is 23.0. The average molecular weight is 443 g/mol. The second kappa shape index (κ2) is 15.7. The van der Waals surface area contributed by atoms with Crippen molar-refractivity contribution in [3.63, 3.8) is 0 Å². The normalized spacial score (nSPS) is 11.4. The monoisotopic (exact) mass is 442 g/mol. The number of amides is 1. The molecule has 2 N–H and O–H groups in total. The van der Waals surface area contributed by atoms with Crippen LogP contribution in [0.5, 0.6) is 5.75 Å². The van der Waals surface area contributed by atoms with E-state index >= 15 is 0 Å². The molecule has 1 amide bonds. The number of carbonyl (C=O) groups is 1. The minimum atomic E-state index is -0.499. The van der Waals surface area contributed by atoms with E-state index in [9.17, 15) is 4.79 Å². The molecule has 0 aliphatic rings. The van der Waals surface area contributed by atoms with Crippen LogP contribution in [-0.2, 0) is 23.7 Å². The highest BCUT2D eigenvalue weighted by molar-refractivity contribution is 5.67. The number of nitrogen functional groups attached to an aromatic ring is 1. The Bertz CT molecular complexity index is 591. The van der Waals surface area contributed by atoms with Crippen LogP contribution in [0.25, 0.3) is 0 Å². The summed E-state index contributed by atoms with van der Waals surface area (Å²) < 4.78 is 32.5. The van der Waals surface area contributed by atoms with Gasteiger partial charge in [0.1, 0.15) is 18.0 Å². The smallest absolute Gasteiger partial charge is 0.410 e. The highest BCUT2D eigenvalue weighted by Gasteiger charge is 2.19. The summed E-state index contributed by atoms with van der Waals surface area (Å²) in [5.74, 6) is 0.769. The molecule has 0 aliphatic carbocycles. The van der Waals surface area contributed by atoms with E-state index in [0.717, 1.165) is 5.75 Å². The minimum absolute atomic E-state index is 0.359. The van der Waals surface area contributed by atoms with Gasteiger partial charge in [0, 0.05) is 19.3 Å². The van der Waals surface area contributed by atoms with Crippen molar-refractivity contribution in [2.75, 3.05) is 78.8 Å². The Morgan fingerprint density at radius 2 is 1.26 bits per heavy atom. The zero-order valence-corrected chi connectivity index (χ0v) is 19.3. The van der Waals surface area contributed by atoms with Crippen LogP contribution in [0.2, 0.25) is 0 Å². The van der Waals surface area contributed by atoms with Crippen molar-refractivity contribution < 1.29 is 33.2 Å². The van der Waals surface area contributed by atoms with E-state index in [-0.39, 0.29) is 6.09 Å². The van der Waals surface area contributed by atoms with Crippen LogP contribution in [0.4, 0.5) is 10.5 Å². The lowest BCUT2D eigenvalue weighted by atomic mass is 10.2. The molecular formula is C22H38N2O7. The predicted molar refractivity (Wildman–Crippen MR) is 118 cm³/mol. The van der Waals surface area contributed by atoms with Gasteiger partial charge in [0.2, 0.25) is 0 Å². The number of rotatable bonds is 16. The van der Waals surface area contributed by atoms with Gasteiger partial charge in [-0.1, -0.05) is 0 Å². The molecule has 0 heterocycles. The second-order valence-electron chi connectivity index (χ2n) is 7.77. The maximum absolute atomic E-state index is 11.8. The fourth-order valence-electron chi connectivity index (χ4n) is 2.18. The summed E-state index contributed by atoms with van der Waals surface area (Å²) in [6.45, 7) is 10.3. The number of nitrogens with two attached hydrogens (primary N) is 1. The van der Waals surface area contributed by atoms with E-state index in [2.05, 4.69) is 0 Å². The second-order valence-corrected chi connectivity index (χ2v) is 7.77. The van der Waals surface area contributed by atoms with Gasteiger partial charge >= 0.3 is 6.09 Å². The Morgan fingerprint density at radius 1 is 0.806 bits per heavy atom. The van der Waals surface area contributed by atoms with Crippen LogP contribution in [0.3, 0.4) is 0 Å². The van der Waals surface area contributed by atoms with Crippen molar-refractivity contribution >= 4 is 11.8 Å². The van der Waals surface area contributed by atoms with E-state index in [0.29, 0.717) is 71.7 Å². The first-order chi connectivity index (χ1) is 14.8. The molecule has 31 heavy (non-hydrogen) atoms. The molecule has 1 rings (SSSR count). The van der Waals surface area contributed by atoms with Gasteiger partial charge < -0.3 is 39.1 Å². The highest BCUT2D eigenvalue weighted by Crippen LogP contribution is 2.12. The van der Waals surface area contributed by atoms with Crippen LogP contribution in [0.15, 0.2) is 24.3 Å². The van der Waals surface area contributed by atoms with Crippen LogP contribution in [-0.4, -0.2) is 89.6 Å². The van der Waals surface area contributed by atoms with Crippen molar-refractivity contribution in [1.82, 2.24) is 4.90 Å². The molecular weight excluding hydrogens is 404 g/mol. The number of benzene rings is 1. The molecule has 9 nitrogen and oxygen atoms in total. The van der Waals surface area contributed by atoms with Crippen molar-refractivity contribution in [2.24, 2.45) is 0 Å². The minimum Gasteiger partial charge on any atom is -0.491 e. The van der Waals surface area contributed by atoms with Gasteiger partial charge in [-0.15, -0.1) is 0 Å². The Hall–Kier alpha value is -2.07. The van der Waals surface area contributed by atoms with Crippen LogP contribution >= 0.6 is 0 Å². The Kier molecular flexibility index (Phi) is 13.6. The molecule has 0 aromatic heterocycles. The van der Waals surface area contributed by atoms with Crippen LogP contribution < -0.4 is 10.5 Å². The summed E-state index contributed by atoms with van der Waals surface area (Å²) >= 11 is 0. The maximum Gasteiger partial charge on any atom is 0.410 e. The summed E-state index contributed by atoms with van der Waals surface area (Å²) in [6, 6.07) is 7.24. The molecule has 1 aromatic carbocycles. The summed E-state index contributed by atoms with van der Waals surface area (Å²) in [6.07, 6.45) is -0.359. The maximum atomic E-state index is 11.8. The number of likely N-dealkylation sites (N-methyl/N-ethyl adjacent to an activating group) is 1. The highest BCUT2D eigenvalue weighted by atomic mass is 16.6. The number of carbonyl (C=O) groups excluding carboxylic acids is 1. The summed E-state index contributed by atoms with van der Waals surface area (Å²) in [5.41, 5.74) is 5.83. The van der Waals surface area contributed by atoms with Gasteiger partial charge in [0.15, 0.2) is 0 Å². The number of hydrogen-bond acceptors (Lipinski definition) is 8.